The van der Waals surface area contributed by atoms with Crippen LogP contribution < -0.4 is 9.47 Å². The molecule has 0 aliphatic carbocycles. The molecule has 1 heterocycles. The van der Waals surface area contributed by atoms with E-state index in [-0.39, 0.29) is 0 Å². The van der Waals surface area contributed by atoms with Gasteiger partial charge in [-0.1, -0.05) is 23.7 Å². The third kappa shape index (κ3) is 4.05. The van der Waals surface area contributed by atoms with Crippen LogP contribution in [0.1, 0.15) is 0 Å². The molecule has 0 aliphatic rings. The number of benzene rings is 2. The first-order chi connectivity index (χ1) is 11.2. The predicted octanol–water partition coefficient (Wildman–Crippen LogP) is 4.20. The van der Waals surface area contributed by atoms with Gasteiger partial charge >= 0.3 is 0 Å². The Morgan fingerprint density at radius 1 is 0.957 bits per heavy atom. The number of hydrogen-bond acceptors (Lipinski definition) is 3. The third-order valence-electron chi connectivity index (χ3n) is 3.39. The summed E-state index contributed by atoms with van der Waals surface area (Å²) in [6.45, 7) is 0.940. The number of hydrogen-bond donors (Lipinski definition) is 0. The molecule has 118 valence electrons. The molecular formula is C18H17ClN2O2. The number of ether oxygens (including phenoxy) is 2. The fourth-order valence-corrected chi connectivity index (χ4v) is 2.38. The maximum atomic E-state index is 5.83. The number of aromatic nitrogens is 2. The average molecular weight is 329 g/mol. The average Bonchev–Trinajstić information content (AvgIpc) is 3.00. The van der Waals surface area contributed by atoms with Gasteiger partial charge in [-0.25, -0.2) is 0 Å². The summed E-state index contributed by atoms with van der Waals surface area (Å²) in [5, 5.41) is 4.88. The molecule has 3 rings (SSSR count). The highest BCUT2D eigenvalue weighted by atomic mass is 35.5. The van der Waals surface area contributed by atoms with Gasteiger partial charge in [0.1, 0.15) is 24.7 Å². The van der Waals surface area contributed by atoms with E-state index in [1.807, 2.05) is 54.2 Å². The van der Waals surface area contributed by atoms with E-state index in [4.69, 9.17) is 21.1 Å². The first-order valence-electron chi connectivity index (χ1n) is 7.32. The van der Waals surface area contributed by atoms with Gasteiger partial charge in [0.15, 0.2) is 0 Å². The van der Waals surface area contributed by atoms with E-state index in [2.05, 4.69) is 5.10 Å². The van der Waals surface area contributed by atoms with E-state index in [1.165, 1.54) is 0 Å². The monoisotopic (exact) mass is 328 g/mol. The zero-order chi connectivity index (χ0) is 16.1. The Kier molecular flexibility index (Phi) is 4.83. The van der Waals surface area contributed by atoms with Gasteiger partial charge < -0.3 is 9.47 Å². The second-order valence-corrected chi connectivity index (χ2v) is 5.46. The molecule has 0 fully saturated rings. The van der Waals surface area contributed by atoms with Gasteiger partial charge in [-0.05, 0) is 42.5 Å². The van der Waals surface area contributed by atoms with E-state index in [1.54, 1.807) is 18.3 Å². The summed E-state index contributed by atoms with van der Waals surface area (Å²) in [6.07, 6.45) is 1.78. The molecule has 0 unspecified atom stereocenters. The first-order valence-corrected chi connectivity index (χ1v) is 7.70. The van der Waals surface area contributed by atoms with Crippen LogP contribution in [0.25, 0.3) is 11.3 Å². The molecule has 0 radical (unpaired) electrons. The van der Waals surface area contributed by atoms with Gasteiger partial charge in [0.2, 0.25) is 0 Å². The Bertz CT molecular complexity index is 769. The fourth-order valence-electron chi connectivity index (χ4n) is 2.25. The summed E-state index contributed by atoms with van der Waals surface area (Å²) in [7, 11) is 1.92. The minimum atomic E-state index is 0.470. The van der Waals surface area contributed by atoms with Gasteiger partial charge in [-0.15, -0.1) is 0 Å². The molecule has 1 aromatic heterocycles. The molecule has 0 atom stereocenters. The topological polar surface area (TPSA) is 36.3 Å². The largest absolute Gasteiger partial charge is 0.490 e. The number of halogens is 1. The number of nitrogens with zero attached hydrogens (tertiary/aromatic N) is 2. The van der Waals surface area contributed by atoms with Crippen LogP contribution in [0.4, 0.5) is 0 Å². The SMILES string of the molecule is Cn1nccc1-c1cccc(OCCOc2ccc(Cl)cc2)c1. The molecule has 23 heavy (non-hydrogen) atoms. The fraction of sp³-hybridized carbons (Fsp3) is 0.167. The van der Waals surface area contributed by atoms with Crippen LogP contribution in [-0.4, -0.2) is 23.0 Å². The van der Waals surface area contributed by atoms with Crippen molar-refractivity contribution in [1.29, 1.82) is 0 Å². The van der Waals surface area contributed by atoms with Crippen LogP contribution >= 0.6 is 11.6 Å². The summed E-state index contributed by atoms with van der Waals surface area (Å²) in [6, 6.07) is 17.2. The molecule has 0 amide bonds. The lowest BCUT2D eigenvalue weighted by molar-refractivity contribution is 0.217. The van der Waals surface area contributed by atoms with Crippen molar-refractivity contribution < 1.29 is 9.47 Å². The van der Waals surface area contributed by atoms with E-state index in [9.17, 15) is 0 Å². The smallest absolute Gasteiger partial charge is 0.122 e. The lowest BCUT2D eigenvalue weighted by Gasteiger charge is -2.10. The molecule has 2 aromatic carbocycles. The lowest BCUT2D eigenvalue weighted by Crippen LogP contribution is -2.09. The second-order valence-electron chi connectivity index (χ2n) is 5.02. The maximum absolute atomic E-state index is 5.83. The quantitative estimate of drug-likeness (QED) is 0.636. The molecule has 0 spiro atoms. The van der Waals surface area contributed by atoms with Crippen LogP contribution in [0, 0.1) is 0 Å². The molecule has 3 aromatic rings. The maximum Gasteiger partial charge on any atom is 0.122 e. The predicted molar refractivity (Wildman–Crippen MR) is 91.1 cm³/mol. The Labute approximate surface area is 140 Å². The van der Waals surface area contributed by atoms with E-state index in [0.29, 0.717) is 18.2 Å². The first kappa shape index (κ1) is 15.4. The van der Waals surface area contributed by atoms with Crippen molar-refractivity contribution in [3.8, 4) is 22.8 Å². The van der Waals surface area contributed by atoms with Crippen molar-refractivity contribution in [2.75, 3.05) is 13.2 Å². The Hall–Kier alpha value is -2.46. The van der Waals surface area contributed by atoms with Crippen molar-refractivity contribution in [3.63, 3.8) is 0 Å². The van der Waals surface area contributed by atoms with Crippen molar-refractivity contribution in [2.24, 2.45) is 7.05 Å². The summed E-state index contributed by atoms with van der Waals surface area (Å²) in [5.41, 5.74) is 2.12. The Morgan fingerprint density at radius 2 is 1.70 bits per heavy atom. The Morgan fingerprint density at radius 3 is 2.39 bits per heavy atom. The van der Waals surface area contributed by atoms with Gasteiger partial charge in [0.25, 0.3) is 0 Å². The highest BCUT2D eigenvalue weighted by Crippen LogP contribution is 2.23. The molecular weight excluding hydrogens is 312 g/mol. The van der Waals surface area contributed by atoms with Crippen molar-refractivity contribution in [1.82, 2.24) is 9.78 Å². The summed E-state index contributed by atoms with van der Waals surface area (Å²) in [4.78, 5) is 0. The standard InChI is InChI=1S/C18H17ClN2O2/c1-21-18(9-10-20-21)14-3-2-4-17(13-14)23-12-11-22-16-7-5-15(19)6-8-16/h2-10,13H,11-12H2,1H3. The molecule has 0 aliphatic heterocycles. The molecule has 4 nitrogen and oxygen atoms in total. The molecule has 0 N–H and O–H groups in total. The van der Waals surface area contributed by atoms with Crippen molar-refractivity contribution in [3.05, 3.63) is 65.8 Å². The van der Waals surface area contributed by atoms with Crippen LogP contribution in [-0.2, 0) is 7.05 Å². The van der Waals surface area contributed by atoms with E-state index in [0.717, 1.165) is 22.8 Å². The molecule has 5 heteroatoms. The van der Waals surface area contributed by atoms with Crippen LogP contribution in [0.5, 0.6) is 11.5 Å². The normalized spacial score (nSPS) is 10.5. The summed E-state index contributed by atoms with van der Waals surface area (Å²) < 4.78 is 13.2. The number of aryl methyl sites for hydroxylation is 1. The van der Waals surface area contributed by atoms with Crippen LogP contribution in [0.3, 0.4) is 0 Å². The summed E-state index contributed by atoms with van der Waals surface area (Å²) >= 11 is 5.83. The lowest BCUT2D eigenvalue weighted by atomic mass is 10.1. The van der Waals surface area contributed by atoms with Gasteiger partial charge in [0, 0.05) is 23.8 Å². The molecule has 0 saturated heterocycles. The van der Waals surface area contributed by atoms with Crippen molar-refractivity contribution >= 4 is 11.6 Å². The molecule has 0 bridgehead atoms. The van der Waals surface area contributed by atoms with E-state index < -0.39 is 0 Å². The highest BCUT2D eigenvalue weighted by molar-refractivity contribution is 6.30. The van der Waals surface area contributed by atoms with E-state index >= 15 is 0 Å². The van der Waals surface area contributed by atoms with Gasteiger partial charge in [-0.3, -0.25) is 4.68 Å². The Balaban J connectivity index is 1.54. The molecule has 0 saturated carbocycles. The third-order valence-corrected chi connectivity index (χ3v) is 3.64. The minimum absolute atomic E-state index is 0.470. The second kappa shape index (κ2) is 7.20. The van der Waals surface area contributed by atoms with Crippen LogP contribution in [0.2, 0.25) is 5.02 Å². The van der Waals surface area contributed by atoms with Gasteiger partial charge in [-0.2, -0.15) is 5.10 Å². The van der Waals surface area contributed by atoms with Gasteiger partial charge in [0.05, 0.1) is 5.69 Å². The zero-order valence-electron chi connectivity index (χ0n) is 12.8. The minimum Gasteiger partial charge on any atom is -0.490 e. The number of rotatable bonds is 6. The summed E-state index contributed by atoms with van der Waals surface area (Å²) in [5.74, 6) is 1.59. The zero-order valence-corrected chi connectivity index (χ0v) is 13.5. The van der Waals surface area contributed by atoms with Crippen molar-refractivity contribution in [2.45, 2.75) is 0 Å². The van der Waals surface area contributed by atoms with Crippen LogP contribution in [0.15, 0.2) is 60.8 Å². The highest BCUT2D eigenvalue weighted by Gasteiger charge is 2.04.